The first kappa shape index (κ1) is 19.4. The Balaban J connectivity index is 1.46. The molecule has 2 aromatic rings. The standard InChI is InChI=1S/C20H28N4O3/c21-17(12-15-13-22-18-6-2-1-5-16(15)18)20(26)24-10-8-14(9-11-24)4-3-7-19(25)23-27/h1-2,5-6,13-14,17,22,27H,3-4,7-12,21H2,(H,23,25)/t17-/m0/s1. The number of likely N-dealkylation sites (tertiary alicyclic amines) is 1. The van der Waals surface area contributed by atoms with Crippen LogP contribution < -0.4 is 11.2 Å². The van der Waals surface area contributed by atoms with E-state index in [2.05, 4.69) is 4.98 Å². The molecular formula is C20H28N4O3. The first-order chi connectivity index (χ1) is 13.1. The number of piperidine rings is 1. The fraction of sp³-hybridized carbons (Fsp3) is 0.500. The second kappa shape index (κ2) is 9.01. The van der Waals surface area contributed by atoms with E-state index in [1.165, 1.54) is 0 Å². The van der Waals surface area contributed by atoms with Crippen LogP contribution in [0.25, 0.3) is 10.9 Å². The summed E-state index contributed by atoms with van der Waals surface area (Å²) in [7, 11) is 0. The minimum Gasteiger partial charge on any atom is -0.361 e. The van der Waals surface area contributed by atoms with Crippen molar-refractivity contribution in [3.05, 3.63) is 36.0 Å². The molecule has 0 bridgehead atoms. The molecule has 7 heteroatoms. The lowest BCUT2D eigenvalue weighted by Crippen LogP contribution is -2.48. The second-order valence-electron chi connectivity index (χ2n) is 7.37. The zero-order valence-electron chi connectivity index (χ0n) is 15.5. The molecule has 1 atom stereocenters. The number of para-hydroxylation sites is 1. The maximum absolute atomic E-state index is 12.7. The van der Waals surface area contributed by atoms with Crippen molar-refractivity contribution in [2.75, 3.05) is 13.1 Å². The van der Waals surface area contributed by atoms with Crippen LogP contribution in [0.4, 0.5) is 0 Å². The van der Waals surface area contributed by atoms with Crippen molar-refractivity contribution < 1.29 is 14.8 Å². The molecule has 1 aliphatic heterocycles. The van der Waals surface area contributed by atoms with Gasteiger partial charge in [0.25, 0.3) is 0 Å². The molecule has 0 spiro atoms. The van der Waals surface area contributed by atoms with E-state index in [1.54, 1.807) is 5.48 Å². The third kappa shape index (κ3) is 4.87. The Morgan fingerprint density at radius 2 is 2.04 bits per heavy atom. The maximum atomic E-state index is 12.7. The second-order valence-corrected chi connectivity index (χ2v) is 7.37. The van der Waals surface area contributed by atoms with E-state index in [0.717, 1.165) is 55.2 Å². The predicted octanol–water partition coefficient (Wildman–Crippen LogP) is 1.95. The first-order valence-corrected chi connectivity index (χ1v) is 9.60. The van der Waals surface area contributed by atoms with Crippen LogP contribution in [0.3, 0.4) is 0 Å². The smallest absolute Gasteiger partial charge is 0.243 e. The Bertz CT molecular complexity index is 780. The van der Waals surface area contributed by atoms with Gasteiger partial charge < -0.3 is 15.6 Å². The maximum Gasteiger partial charge on any atom is 0.243 e. The normalized spacial score (nSPS) is 16.4. The Morgan fingerprint density at radius 3 is 2.78 bits per heavy atom. The first-order valence-electron chi connectivity index (χ1n) is 9.60. The highest BCUT2D eigenvalue weighted by atomic mass is 16.5. The van der Waals surface area contributed by atoms with E-state index in [1.807, 2.05) is 35.4 Å². The molecule has 2 heterocycles. The van der Waals surface area contributed by atoms with Crippen LogP contribution in [0.2, 0.25) is 0 Å². The fourth-order valence-corrected chi connectivity index (χ4v) is 3.91. The Hall–Kier alpha value is -2.38. The summed E-state index contributed by atoms with van der Waals surface area (Å²) in [6.07, 6.45) is 6.37. The summed E-state index contributed by atoms with van der Waals surface area (Å²) in [5.74, 6) is 0.189. The molecule has 5 N–H and O–H groups in total. The largest absolute Gasteiger partial charge is 0.361 e. The average Bonchev–Trinajstić information content (AvgIpc) is 3.10. The van der Waals surface area contributed by atoms with Gasteiger partial charge in [-0.2, -0.15) is 0 Å². The van der Waals surface area contributed by atoms with Crippen molar-refractivity contribution >= 4 is 22.7 Å². The number of H-pyrrole nitrogens is 1. The summed E-state index contributed by atoms with van der Waals surface area (Å²) >= 11 is 0. The highest BCUT2D eigenvalue weighted by molar-refractivity contribution is 5.86. The summed E-state index contributed by atoms with van der Waals surface area (Å²) in [4.78, 5) is 28.9. The lowest BCUT2D eigenvalue weighted by Gasteiger charge is -2.33. The molecule has 1 fully saturated rings. The molecule has 0 aliphatic carbocycles. The van der Waals surface area contributed by atoms with Crippen molar-refractivity contribution in [1.29, 1.82) is 0 Å². The number of nitrogens with one attached hydrogen (secondary N) is 2. The summed E-state index contributed by atoms with van der Waals surface area (Å²) in [6, 6.07) is 7.49. The topological polar surface area (TPSA) is 111 Å². The quantitative estimate of drug-likeness (QED) is 0.440. The van der Waals surface area contributed by atoms with Gasteiger partial charge in [0.2, 0.25) is 11.8 Å². The Labute approximate surface area is 158 Å². The van der Waals surface area contributed by atoms with Gasteiger partial charge >= 0.3 is 0 Å². The zero-order chi connectivity index (χ0) is 19.2. The third-order valence-corrected chi connectivity index (χ3v) is 5.50. The van der Waals surface area contributed by atoms with Gasteiger partial charge in [-0.05, 0) is 49.7 Å². The van der Waals surface area contributed by atoms with Gasteiger partial charge in [0, 0.05) is 36.6 Å². The highest BCUT2D eigenvalue weighted by Crippen LogP contribution is 2.24. The van der Waals surface area contributed by atoms with E-state index in [0.29, 0.717) is 18.8 Å². The van der Waals surface area contributed by atoms with E-state index in [4.69, 9.17) is 10.9 Å². The fourth-order valence-electron chi connectivity index (χ4n) is 3.91. The number of rotatable bonds is 7. The molecule has 2 amide bonds. The van der Waals surface area contributed by atoms with E-state index < -0.39 is 6.04 Å². The number of fused-ring (bicyclic) bond motifs is 1. The van der Waals surface area contributed by atoms with Gasteiger partial charge in [0.05, 0.1) is 6.04 Å². The zero-order valence-corrected chi connectivity index (χ0v) is 15.5. The van der Waals surface area contributed by atoms with Crippen molar-refractivity contribution in [3.8, 4) is 0 Å². The molecule has 0 saturated carbocycles. The molecule has 1 saturated heterocycles. The predicted molar refractivity (Wildman–Crippen MR) is 103 cm³/mol. The van der Waals surface area contributed by atoms with Crippen molar-refractivity contribution in [1.82, 2.24) is 15.4 Å². The molecule has 0 radical (unpaired) electrons. The number of hydrogen-bond donors (Lipinski definition) is 4. The van der Waals surface area contributed by atoms with Gasteiger partial charge in [0.15, 0.2) is 0 Å². The summed E-state index contributed by atoms with van der Waals surface area (Å²) in [5.41, 5.74) is 10.0. The SMILES string of the molecule is N[C@@H](Cc1c[nH]c2ccccc12)C(=O)N1CCC(CCCC(=O)NO)CC1. The van der Waals surface area contributed by atoms with E-state index in [-0.39, 0.29) is 11.8 Å². The summed E-state index contributed by atoms with van der Waals surface area (Å²) < 4.78 is 0. The molecule has 3 rings (SSSR count). The van der Waals surface area contributed by atoms with E-state index >= 15 is 0 Å². The van der Waals surface area contributed by atoms with Gasteiger partial charge in [-0.1, -0.05) is 18.2 Å². The van der Waals surface area contributed by atoms with Crippen LogP contribution in [0.1, 0.15) is 37.7 Å². The van der Waals surface area contributed by atoms with Crippen molar-refractivity contribution in [2.24, 2.45) is 11.7 Å². The monoisotopic (exact) mass is 372 g/mol. The molecule has 1 aliphatic rings. The van der Waals surface area contributed by atoms with Crippen LogP contribution in [-0.4, -0.2) is 46.0 Å². The number of aromatic nitrogens is 1. The lowest BCUT2D eigenvalue weighted by molar-refractivity contribution is -0.134. The van der Waals surface area contributed by atoms with Gasteiger partial charge in [-0.25, -0.2) is 5.48 Å². The molecule has 0 unspecified atom stereocenters. The number of nitrogens with zero attached hydrogens (tertiary/aromatic N) is 1. The molecule has 7 nitrogen and oxygen atoms in total. The summed E-state index contributed by atoms with van der Waals surface area (Å²) in [5, 5.41) is 9.63. The molecular weight excluding hydrogens is 344 g/mol. The third-order valence-electron chi connectivity index (χ3n) is 5.50. The highest BCUT2D eigenvalue weighted by Gasteiger charge is 2.26. The number of aromatic amines is 1. The number of amides is 2. The number of nitrogens with two attached hydrogens (primary N) is 1. The Kier molecular flexibility index (Phi) is 6.47. The number of hydroxylamine groups is 1. The molecule has 146 valence electrons. The minimum absolute atomic E-state index is 0.0124. The van der Waals surface area contributed by atoms with Crippen molar-refractivity contribution in [3.63, 3.8) is 0 Å². The summed E-state index contributed by atoms with van der Waals surface area (Å²) in [6.45, 7) is 1.44. The lowest BCUT2D eigenvalue weighted by atomic mass is 9.91. The number of carbonyl (C=O) groups excluding carboxylic acids is 2. The number of hydrogen-bond acceptors (Lipinski definition) is 4. The molecule has 27 heavy (non-hydrogen) atoms. The minimum atomic E-state index is -0.533. The van der Waals surface area contributed by atoms with Gasteiger partial charge in [-0.3, -0.25) is 14.8 Å². The number of carbonyl (C=O) groups is 2. The van der Waals surface area contributed by atoms with Crippen LogP contribution in [0.5, 0.6) is 0 Å². The van der Waals surface area contributed by atoms with E-state index in [9.17, 15) is 9.59 Å². The van der Waals surface area contributed by atoms with Crippen molar-refractivity contribution in [2.45, 2.75) is 44.6 Å². The van der Waals surface area contributed by atoms with Crippen LogP contribution in [0.15, 0.2) is 30.5 Å². The Morgan fingerprint density at radius 1 is 1.30 bits per heavy atom. The van der Waals surface area contributed by atoms with Gasteiger partial charge in [-0.15, -0.1) is 0 Å². The van der Waals surface area contributed by atoms with Crippen LogP contribution >= 0.6 is 0 Å². The number of benzene rings is 1. The molecule has 1 aromatic heterocycles. The van der Waals surface area contributed by atoms with Crippen LogP contribution in [0, 0.1) is 5.92 Å². The molecule has 1 aromatic carbocycles. The average molecular weight is 372 g/mol. The van der Waals surface area contributed by atoms with Crippen LogP contribution in [-0.2, 0) is 16.0 Å². The van der Waals surface area contributed by atoms with Gasteiger partial charge in [0.1, 0.15) is 0 Å².